The van der Waals surface area contributed by atoms with E-state index in [9.17, 15) is 4.79 Å². The van der Waals surface area contributed by atoms with E-state index in [4.69, 9.17) is 0 Å². The molecule has 0 aliphatic heterocycles. The van der Waals surface area contributed by atoms with Crippen molar-refractivity contribution in [1.82, 2.24) is 4.57 Å². The number of carbonyl (C=O) groups excluding carboxylic acids is 1. The van der Waals surface area contributed by atoms with Gasteiger partial charge in [0.2, 0.25) is 0 Å². The molecule has 0 spiro atoms. The largest absolute Gasteiger partial charge is 0.343 e. The summed E-state index contributed by atoms with van der Waals surface area (Å²) in [5, 5.41) is 1.00. The highest BCUT2D eigenvalue weighted by molar-refractivity contribution is 6.07. The van der Waals surface area contributed by atoms with Gasteiger partial charge in [-0.2, -0.15) is 0 Å². The normalized spacial score (nSPS) is 12.0. The molecule has 0 radical (unpaired) electrons. The molecule has 0 aliphatic rings. The minimum Gasteiger partial charge on any atom is -0.343 e. The molecule has 0 saturated heterocycles. The summed E-state index contributed by atoms with van der Waals surface area (Å²) in [7, 11) is 0. The van der Waals surface area contributed by atoms with Gasteiger partial charge in [0.05, 0.1) is 0 Å². The summed E-state index contributed by atoms with van der Waals surface area (Å²) in [5.74, 6) is 0.0883. The summed E-state index contributed by atoms with van der Waals surface area (Å²) < 4.78 is 2.08. The van der Waals surface area contributed by atoms with Gasteiger partial charge >= 0.3 is 0 Å². The van der Waals surface area contributed by atoms with Crippen LogP contribution in [0.2, 0.25) is 0 Å². The second-order valence-electron chi connectivity index (χ2n) is 5.54. The number of benzene rings is 1. The molecular formula is C21H23NO. The number of aromatic nitrogens is 1. The molecule has 2 heteroatoms. The van der Waals surface area contributed by atoms with E-state index in [2.05, 4.69) is 35.9 Å². The smallest absolute Gasteiger partial charge is 0.161 e. The number of rotatable bonds is 7. The van der Waals surface area contributed by atoms with E-state index in [-0.39, 0.29) is 5.78 Å². The third-order valence-corrected chi connectivity index (χ3v) is 3.82. The zero-order chi connectivity index (χ0) is 16.8. The zero-order valence-corrected chi connectivity index (χ0v) is 13.9. The van der Waals surface area contributed by atoms with Gasteiger partial charge in [-0.3, -0.25) is 4.79 Å². The monoisotopic (exact) mass is 305 g/mol. The molecule has 1 aromatic heterocycles. The van der Waals surface area contributed by atoms with Gasteiger partial charge < -0.3 is 4.57 Å². The Labute approximate surface area is 138 Å². The Morgan fingerprint density at radius 2 is 2.09 bits per heavy atom. The fourth-order valence-electron chi connectivity index (χ4n) is 2.67. The SMILES string of the molecule is C=CCn1cc(C(C)=O)c2ccc(C/C(C=C)=C/C=C\C)cc21. The van der Waals surface area contributed by atoms with Crippen LogP contribution in [0.15, 0.2) is 73.5 Å². The first-order valence-corrected chi connectivity index (χ1v) is 7.78. The molecule has 2 nitrogen and oxygen atoms in total. The highest BCUT2D eigenvalue weighted by atomic mass is 16.1. The Hall–Kier alpha value is -2.61. The second-order valence-corrected chi connectivity index (χ2v) is 5.54. The van der Waals surface area contributed by atoms with Crippen LogP contribution in [0.1, 0.15) is 29.8 Å². The average molecular weight is 305 g/mol. The summed E-state index contributed by atoms with van der Waals surface area (Å²) in [6.07, 6.45) is 12.6. The molecule has 0 amide bonds. The number of hydrogen-bond acceptors (Lipinski definition) is 1. The van der Waals surface area contributed by atoms with E-state index in [1.165, 1.54) is 5.56 Å². The molecule has 0 unspecified atom stereocenters. The van der Waals surface area contributed by atoms with Crippen molar-refractivity contribution in [1.29, 1.82) is 0 Å². The number of nitrogens with zero attached hydrogens (tertiary/aromatic N) is 1. The minimum atomic E-state index is 0.0883. The first-order valence-electron chi connectivity index (χ1n) is 7.78. The summed E-state index contributed by atoms with van der Waals surface area (Å²) >= 11 is 0. The van der Waals surface area contributed by atoms with Crippen molar-refractivity contribution >= 4 is 16.7 Å². The van der Waals surface area contributed by atoms with E-state index in [0.717, 1.165) is 28.5 Å². The molecule has 0 bridgehead atoms. The lowest BCUT2D eigenvalue weighted by Gasteiger charge is -2.06. The van der Waals surface area contributed by atoms with Crippen molar-refractivity contribution < 1.29 is 4.79 Å². The van der Waals surface area contributed by atoms with Gasteiger partial charge in [-0.15, -0.1) is 6.58 Å². The van der Waals surface area contributed by atoms with Gasteiger partial charge in [-0.25, -0.2) is 0 Å². The molecule has 0 saturated carbocycles. The first kappa shape index (κ1) is 16.8. The lowest BCUT2D eigenvalue weighted by molar-refractivity contribution is 0.101. The summed E-state index contributed by atoms with van der Waals surface area (Å²) in [6, 6.07) is 6.27. The van der Waals surface area contributed by atoms with E-state index in [1.807, 2.05) is 43.5 Å². The topological polar surface area (TPSA) is 22.0 Å². The van der Waals surface area contributed by atoms with Crippen LogP contribution in [-0.2, 0) is 13.0 Å². The lowest BCUT2D eigenvalue weighted by Crippen LogP contribution is -1.94. The highest BCUT2D eigenvalue weighted by Crippen LogP contribution is 2.24. The number of carbonyl (C=O) groups is 1. The van der Waals surface area contributed by atoms with Gasteiger partial charge in [0.1, 0.15) is 0 Å². The second kappa shape index (κ2) is 7.59. The third kappa shape index (κ3) is 3.78. The van der Waals surface area contributed by atoms with Crippen LogP contribution in [-0.4, -0.2) is 10.4 Å². The quantitative estimate of drug-likeness (QED) is 0.388. The van der Waals surface area contributed by atoms with E-state index in [0.29, 0.717) is 6.54 Å². The van der Waals surface area contributed by atoms with Crippen molar-refractivity contribution in [3.8, 4) is 0 Å². The average Bonchev–Trinajstić information content (AvgIpc) is 2.90. The molecule has 2 rings (SSSR count). The Balaban J connectivity index is 2.48. The summed E-state index contributed by atoms with van der Waals surface area (Å²) in [6.45, 7) is 12.0. The van der Waals surface area contributed by atoms with Gasteiger partial charge in [0.25, 0.3) is 0 Å². The Kier molecular flexibility index (Phi) is 5.53. The fourth-order valence-corrected chi connectivity index (χ4v) is 2.67. The van der Waals surface area contributed by atoms with E-state index < -0.39 is 0 Å². The van der Waals surface area contributed by atoms with Crippen LogP contribution in [0, 0.1) is 0 Å². The molecule has 2 aromatic rings. The first-order chi connectivity index (χ1) is 11.1. The highest BCUT2D eigenvalue weighted by Gasteiger charge is 2.12. The molecule has 1 heterocycles. The van der Waals surface area contributed by atoms with Crippen molar-refractivity contribution in [2.24, 2.45) is 0 Å². The van der Waals surface area contributed by atoms with Crippen LogP contribution in [0.25, 0.3) is 10.9 Å². The molecule has 23 heavy (non-hydrogen) atoms. The maximum atomic E-state index is 11.8. The predicted octanol–water partition coefficient (Wildman–Crippen LogP) is 5.26. The zero-order valence-electron chi connectivity index (χ0n) is 13.9. The van der Waals surface area contributed by atoms with Gasteiger partial charge in [0.15, 0.2) is 5.78 Å². The van der Waals surface area contributed by atoms with Crippen LogP contribution in [0.5, 0.6) is 0 Å². The maximum absolute atomic E-state index is 11.8. The van der Waals surface area contributed by atoms with Crippen LogP contribution < -0.4 is 0 Å². The summed E-state index contributed by atoms with van der Waals surface area (Å²) in [5.41, 5.74) is 4.20. The van der Waals surface area contributed by atoms with Crippen molar-refractivity contribution in [3.63, 3.8) is 0 Å². The van der Waals surface area contributed by atoms with E-state index >= 15 is 0 Å². The molecule has 118 valence electrons. The number of fused-ring (bicyclic) bond motifs is 1. The van der Waals surface area contributed by atoms with Gasteiger partial charge in [0, 0.05) is 29.2 Å². The standard InChI is InChI=1S/C21H23NO/c1-5-8-9-17(7-3)13-18-10-11-19-20(16(4)23)15-22(12-6-2)21(19)14-18/h5-11,14-15H,2-3,12-13H2,1,4H3/b8-5-,17-9+. The Morgan fingerprint density at radius 1 is 1.30 bits per heavy atom. The van der Waals surface area contributed by atoms with Crippen LogP contribution in [0.3, 0.4) is 0 Å². The maximum Gasteiger partial charge on any atom is 0.161 e. The number of Topliss-reactive ketones (excluding diaryl/α,β-unsaturated/α-hetero) is 1. The third-order valence-electron chi connectivity index (χ3n) is 3.82. The van der Waals surface area contributed by atoms with Crippen molar-refractivity contribution in [3.05, 3.63) is 84.6 Å². The fraction of sp³-hybridized carbons (Fsp3) is 0.190. The number of allylic oxidation sites excluding steroid dienone is 6. The predicted molar refractivity (Wildman–Crippen MR) is 98.9 cm³/mol. The van der Waals surface area contributed by atoms with Crippen LogP contribution in [0.4, 0.5) is 0 Å². The number of ketones is 1. The van der Waals surface area contributed by atoms with Gasteiger partial charge in [-0.1, -0.05) is 49.1 Å². The molecule has 1 aromatic carbocycles. The molecule has 0 N–H and O–H groups in total. The Bertz CT molecular complexity index is 803. The summed E-state index contributed by atoms with van der Waals surface area (Å²) in [4.78, 5) is 11.8. The van der Waals surface area contributed by atoms with Gasteiger partial charge in [-0.05, 0) is 37.5 Å². The molecular weight excluding hydrogens is 282 g/mol. The lowest BCUT2D eigenvalue weighted by atomic mass is 10.0. The number of hydrogen-bond donors (Lipinski definition) is 0. The molecule has 0 fully saturated rings. The minimum absolute atomic E-state index is 0.0883. The molecule has 0 aliphatic carbocycles. The van der Waals surface area contributed by atoms with E-state index in [1.54, 1.807) is 6.92 Å². The molecule has 0 atom stereocenters. The van der Waals surface area contributed by atoms with Crippen LogP contribution >= 0.6 is 0 Å². The Morgan fingerprint density at radius 3 is 2.70 bits per heavy atom. The van der Waals surface area contributed by atoms with Crippen molar-refractivity contribution in [2.75, 3.05) is 0 Å². The van der Waals surface area contributed by atoms with Crippen molar-refractivity contribution in [2.45, 2.75) is 26.8 Å².